The number of hydrogen-bond donors (Lipinski definition) is 0. The molecule has 7 heteroatoms. The lowest BCUT2D eigenvalue weighted by atomic mass is 10.2. The summed E-state index contributed by atoms with van der Waals surface area (Å²) in [6.45, 7) is 1.72. The Morgan fingerprint density at radius 2 is 2.27 bits per heavy atom. The molecule has 3 aromatic heterocycles. The zero-order chi connectivity index (χ0) is 15.1. The van der Waals surface area contributed by atoms with Gasteiger partial charge in [-0.05, 0) is 18.2 Å². The van der Waals surface area contributed by atoms with E-state index in [2.05, 4.69) is 10.2 Å². The van der Waals surface area contributed by atoms with E-state index in [0.29, 0.717) is 25.4 Å². The molecule has 0 bridgehead atoms. The standard InChI is InChI=1S/C15H15N5O2/c1-18-13-10-19(15(21)14-4-2-7-22-14)8-11(13)12(17-18)9-20-6-3-5-16-20/h2-7H,8-10H2,1H3. The molecule has 112 valence electrons. The zero-order valence-electron chi connectivity index (χ0n) is 12.1. The van der Waals surface area contributed by atoms with Crippen molar-refractivity contribution in [1.29, 1.82) is 0 Å². The number of carbonyl (C=O) groups is 1. The van der Waals surface area contributed by atoms with Crippen LogP contribution in [0, 0.1) is 0 Å². The second kappa shape index (κ2) is 4.87. The average Bonchev–Trinajstić information content (AvgIpc) is 3.25. The van der Waals surface area contributed by atoms with Crippen molar-refractivity contribution in [2.75, 3.05) is 0 Å². The maximum Gasteiger partial charge on any atom is 0.290 e. The van der Waals surface area contributed by atoms with Gasteiger partial charge < -0.3 is 9.32 Å². The van der Waals surface area contributed by atoms with E-state index in [1.807, 2.05) is 28.7 Å². The van der Waals surface area contributed by atoms with Crippen LogP contribution in [0.3, 0.4) is 0 Å². The predicted molar refractivity (Wildman–Crippen MR) is 76.8 cm³/mol. The first-order chi connectivity index (χ1) is 10.7. The van der Waals surface area contributed by atoms with Gasteiger partial charge in [0.1, 0.15) is 0 Å². The minimum Gasteiger partial charge on any atom is -0.459 e. The highest BCUT2D eigenvalue weighted by atomic mass is 16.3. The van der Waals surface area contributed by atoms with Crippen molar-refractivity contribution < 1.29 is 9.21 Å². The minimum atomic E-state index is -0.0914. The largest absolute Gasteiger partial charge is 0.459 e. The lowest BCUT2D eigenvalue weighted by molar-refractivity contribution is 0.0716. The highest BCUT2D eigenvalue weighted by Crippen LogP contribution is 2.27. The van der Waals surface area contributed by atoms with Crippen LogP contribution in [0.1, 0.15) is 27.5 Å². The molecule has 0 aliphatic carbocycles. The van der Waals surface area contributed by atoms with Gasteiger partial charge in [-0.1, -0.05) is 0 Å². The van der Waals surface area contributed by atoms with Crippen molar-refractivity contribution in [2.24, 2.45) is 7.05 Å². The van der Waals surface area contributed by atoms with E-state index in [1.54, 1.807) is 23.2 Å². The highest BCUT2D eigenvalue weighted by Gasteiger charge is 2.31. The predicted octanol–water partition coefficient (Wildman–Crippen LogP) is 1.41. The number of hydrogen-bond acceptors (Lipinski definition) is 4. The van der Waals surface area contributed by atoms with Crippen LogP contribution in [0.15, 0.2) is 41.3 Å². The topological polar surface area (TPSA) is 69.1 Å². The number of furan rings is 1. The van der Waals surface area contributed by atoms with Crippen molar-refractivity contribution in [2.45, 2.75) is 19.6 Å². The Kier molecular flexibility index (Phi) is 2.85. The lowest BCUT2D eigenvalue weighted by Crippen LogP contribution is -2.26. The summed E-state index contributed by atoms with van der Waals surface area (Å²) in [7, 11) is 1.91. The second-order valence-corrected chi connectivity index (χ2v) is 5.34. The first-order valence-corrected chi connectivity index (χ1v) is 7.06. The monoisotopic (exact) mass is 297 g/mol. The smallest absolute Gasteiger partial charge is 0.290 e. The molecule has 22 heavy (non-hydrogen) atoms. The Bertz CT molecular complexity index is 801. The van der Waals surface area contributed by atoms with Crippen LogP contribution in [0.2, 0.25) is 0 Å². The van der Waals surface area contributed by atoms with E-state index in [9.17, 15) is 4.79 Å². The summed E-state index contributed by atoms with van der Waals surface area (Å²) in [6, 6.07) is 5.30. The van der Waals surface area contributed by atoms with Gasteiger partial charge >= 0.3 is 0 Å². The molecule has 3 aromatic rings. The van der Waals surface area contributed by atoms with Crippen LogP contribution in [-0.4, -0.2) is 30.4 Å². The normalized spacial score (nSPS) is 13.6. The van der Waals surface area contributed by atoms with E-state index in [0.717, 1.165) is 17.0 Å². The summed E-state index contributed by atoms with van der Waals surface area (Å²) in [5.41, 5.74) is 3.14. The molecule has 0 aromatic carbocycles. The summed E-state index contributed by atoms with van der Waals surface area (Å²) in [5.74, 6) is 0.278. The van der Waals surface area contributed by atoms with Crippen LogP contribution in [-0.2, 0) is 26.7 Å². The lowest BCUT2D eigenvalue weighted by Gasteiger charge is -2.14. The van der Waals surface area contributed by atoms with Gasteiger partial charge in [0.2, 0.25) is 0 Å². The molecule has 1 amide bonds. The fourth-order valence-electron chi connectivity index (χ4n) is 2.85. The number of fused-ring (bicyclic) bond motifs is 1. The van der Waals surface area contributed by atoms with Gasteiger partial charge in [0.25, 0.3) is 5.91 Å². The van der Waals surface area contributed by atoms with Gasteiger partial charge in [-0.3, -0.25) is 14.2 Å². The molecule has 0 radical (unpaired) electrons. The molecule has 0 saturated carbocycles. The van der Waals surface area contributed by atoms with Gasteiger partial charge in [0, 0.05) is 25.0 Å². The van der Waals surface area contributed by atoms with Gasteiger partial charge in [-0.25, -0.2) is 0 Å². The number of amides is 1. The fourth-order valence-corrected chi connectivity index (χ4v) is 2.85. The third-order valence-electron chi connectivity index (χ3n) is 3.94. The van der Waals surface area contributed by atoms with Gasteiger partial charge in [0.05, 0.1) is 37.3 Å². The maximum atomic E-state index is 12.4. The van der Waals surface area contributed by atoms with Crippen LogP contribution < -0.4 is 0 Å². The van der Waals surface area contributed by atoms with E-state index < -0.39 is 0 Å². The second-order valence-electron chi connectivity index (χ2n) is 5.34. The SMILES string of the molecule is Cn1nc(Cn2cccn2)c2c1CN(C(=O)c1ccco1)C2. The van der Waals surface area contributed by atoms with Gasteiger partial charge in [-0.2, -0.15) is 10.2 Å². The number of carbonyl (C=O) groups excluding carboxylic acids is 1. The average molecular weight is 297 g/mol. The Labute approximate surface area is 126 Å². The van der Waals surface area contributed by atoms with Gasteiger partial charge in [-0.15, -0.1) is 0 Å². The molecular formula is C15H15N5O2. The minimum absolute atomic E-state index is 0.0914. The van der Waals surface area contributed by atoms with Crippen molar-refractivity contribution in [1.82, 2.24) is 24.5 Å². The number of nitrogens with zero attached hydrogens (tertiary/aromatic N) is 5. The van der Waals surface area contributed by atoms with E-state index >= 15 is 0 Å². The maximum absolute atomic E-state index is 12.4. The molecular weight excluding hydrogens is 282 g/mol. The summed E-state index contributed by atoms with van der Waals surface area (Å²) in [6.07, 6.45) is 5.17. The third kappa shape index (κ3) is 2.02. The molecule has 0 saturated heterocycles. The highest BCUT2D eigenvalue weighted by molar-refractivity contribution is 5.91. The van der Waals surface area contributed by atoms with Crippen LogP contribution in [0.5, 0.6) is 0 Å². The molecule has 4 rings (SSSR count). The van der Waals surface area contributed by atoms with Crippen LogP contribution >= 0.6 is 0 Å². The first kappa shape index (κ1) is 12.9. The van der Waals surface area contributed by atoms with Crippen LogP contribution in [0.25, 0.3) is 0 Å². The van der Waals surface area contributed by atoms with E-state index in [1.165, 1.54) is 6.26 Å². The number of aryl methyl sites for hydroxylation is 1. The third-order valence-corrected chi connectivity index (χ3v) is 3.94. The Balaban J connectivity index is 1.60. The molecule has 0 spiro atoms. The van der Waals surface area contributed by atoms with Crippen molar-refractivity contribution >= 4 is 5.91 Å². The summed E-state index contributed by atoms with van der Waals surface area (Å²) >= 11 is 0. The summed E-state index contributed by atoms with van der Waals surface area (Å²) in [5, 5.41) is 8.77. The van der Waals surface area contributed by atoms with Crippen molar-refractivity contribution in [3.05, 3.63) is 59.6 Å². The van der Waals surface area contributed by atoms with E-state index in [4.69, 9.17) is 4.42 Å². The van der Waals surface area contributed by atoms with Gasteiger partial charge in [0.15, 0.2) is 5.76 Å². The zero-order valence-corrected chi connectivity index (χ0v) is 12.1. The molecule has 1 aliphatic rings. The molecule has 7 nitrogen and oxygen atoms in total. The Morgan fingerprint density at radius 1 is 1.36 bits per heavy atom. The van der Waals surface area contributed by atoms with Crippen molar-refractivity contribution in [3.8, 4) is 0 Å². The Morgan fingerprint density at radius 3 is 3.00 bits per heavy atom. The summed E-state index contributed by atoms with van der Waals surface area (Å²) < 4.78 is 8.88. The quantitative estimate of drug-likeness (QED) is 0.733. The first-order valence-electron chi connectivity index (χ1n) is 7.06. The molecule has 1 aliphatic heterocycles. The van der Waals surface area contributed by atoms with Crippen LogP contribution in [0.4, 0.5) is 0 Å². The van der Waals surface area contributed by atoms with E-state index in [-0.39, 0.29) is 5.91 Å². The molecule has 0 atom stereocenters. The fraction of sp³-hybridized carbons (Fsp3) is 0.267. The molecule has 0 unspecified atom stereocenters. The molecule has 4 heterocycles. The molecule has 0 fully saturated rings. The van der Waals surface area contributed by atoms with Crippen molar-refractivity contribution in [3.63, 3.8) is 0 Å². The number of rotatable bonds is 3. The molecule has 0 N–H and O–H groups in total. The summed E-state index contributed by atoms with van der Waals surface area (Å²) in [4.78, 5) is 14.2. The number of aromatic nitrogens is 4. The Hall–Kier alpha value is -2.83.